The van der Waals surface area contributed by atoms with E-state index >= 15 is 0 Å². The standard InChI is InChI=1S/C20H28N6O2/c1-3-28-20(27)26-12-10-25(11-13-26)19(21-2)23-14-17-4-6-18(7-5-17)15-24-9-8-22-16-24/h4-9,16H,3,10-15H2,1-2H3,(H,21,23). The van der Waals surface area contributed by atoms with E-state index in [2.05, 4.69) is 44.5 Å². The van der Waals surface area contributed by atoms with Gasteiger partial charge in [0.2, 0.25) is 0 Å². The Hall–Kier alpha value is -3.03. The molecule has 0 radical (unpaired) electrons. The molecule has 0 unspecified atom stereocenters. The van der Waals surface area contributed by atoms with Crippen molar-refractivity contribution in [2.45, 2.75) is 20.0 Å². The number of hydrogen-bond donors (Lipinski definition) is 1. The van der Waals surface area contributed by atoms with Crippen LogP contribution in [0.25, 0.3) is 0 Å². The summed E-state index contributed by atoms with van der Waals surface area (Å²) in [6, 6.07) is 8.53. The predicted octanol–water partition coefficient (Wildman–Crippen LogP) is 1.78. The van der Waals surface area contributed by atoms with Gasteiger partial charge in [-0.3, -0.25) is 4.99 Å². The molecule has 1 aliphatic rings. The van der Waals surface area contributed by atoms with Gasteiger partial charge in [-0.05, 0) is 18.1 Å². The zero-order valence-corrected chi connectivity index (χ0v) is 16.5. The van der Waals surface area contributed by atoms with Gasteiger partial charge in [0, 0.05) is 58.7 Å². The molecule has 1 amide bonds. The topological polar surface area (TPSA) is 75.0 Å². The molecule has 0 atom stereocenters. The minimum absolute atomic E-state index is 0.235. The number of rotatable bonds is 5. The van der Waals surface area contributed by atoms with E-state index in [4.69, 9.17) is 4.74 Å². The van der Waals surface area contributed by atoms with Crippen molar-refractivity contribution in [3.8, 4) is 0 Å². The number of benzene rings is 1. The first-order valence-corrected chi connectivity index (χ1v) is 9.60. The molecule has 2 heterocycles. The molecule has 28 heavy (non-hydrogen) atoms. The van der Waals surface area contributed by atoms with Crippen molar-refractivity contribution >= 4 is 12.1 Å². The highest BCUT2D eigenvalue weighted by Gasteiger charge is 2.23. The van der Waals surface area contributed by atoms with E-state index < -0.39 is 0 Å². The zero-order valence-electron chi connectivity index (χ0n) is 16.5. The predicted molar refractivity (Wildman–Crippen MR) is 108 cm³/mol. The minimum Gasteiger partial charge on any atom is -0.450 e. The number of carbonyl (C=O) groups is 1. The van der Waals surface area contributed by atoms with E-state index in [1.165, 1.54) is 11.1 Å². The molecule has 1 fully saturated rings. The molecule has 1 aliphatic heterocycles. The Kier molecular flexibility index (Phi) is 6.89. The third-order valence-corrected chi connectivity index (χ3v) is 4.71. The summed E-state index contributed by atoms with van der Waals surface area (Å²) in [4.78, 5) is 24.2. The summed E-state index contributed by atoms with van der Waals surface area (Å²) in [7, 11) is 1.79. The molecule has 8 heteroatoms. The number of piperazine rings is 1. The van der Waals surface area contributed by atoms with Crippen LogP contribution in [0.3, 0.4) is 0 Å². The van der Waals surface area contributed by atoms with Gasteiger partial charge in [0.1, 0.15) is 0 Å². The molecule has 8 nitrogen and oxygen atoms in total. The summed E-state index contributed by atoms with van der Waals surface area (Å²) >= 11 is 0. The summed E-state index contributed by atoms with van der Waals surface area (Å²) in [5.41, 5.74) is 2.43. The lowest BCUT2D eigenvalue weighted by Gasteiger charge is -2.35. The molecular weight excluding hydrogens is 356 g/mol. The Bertz CT molecular complexity index is 765. The fourth-order valence-corrected chi connectivity index (χ4v) is 3.18. The quantitative estimate of drug-likeness (QED) is 0.628. The summed E-state index contributed by atoms with van der Waals surface area (Å²) in [6.45, 7) is 6.51. The number of nitrogens with zero attached hydrogens (tertiary/aromatic N) is 5. The van der Waals surface area contributed by atoms with Crippen molar-refractivity contribution in [2.24, 2.45) is 4.99 Å². The second kappa shape index (κ2) is 9.77. The highest BCUT2D eigenvalue weighted by atomic mass is 16.6. The van der Waals surface area contributed by atoms with Crippen LogP contribution >= 0.6 is 0 Å². The number of ether oxygens (including phenoxy) is 1. The van der Waals surface area contributed by atoms with Crippen molar-refractivity contribution in [2.75, 3.05) is 39.8 Å². The maximum Gasteiger partial charge on any atom is 0.409 e. The molecule has 1 aromatic heterocycles. The number of aliphatic imine (C=N–C) groups is 1. The van der Waals surface area contributed by atoms with Crippen molar-refractivity contribution < 1.29 is 9.53 Å². The van der Waals surface area contributed by atoms with Crippen LogP contribution in [0.5, 0.6) is 0 Å². The Morgan fingerprint density at radius 2 is 1.82 bits per heavy atom. The highest BCUT2D eigenvalue weighted by molar-refractivity contribution is 5.80. The molecule has 0 spiro atoms. The monoisotopic (exact) mass is 384 g/mol. The Morgan fingerprint density at radius 3 is 2.43 bits per heavy atom. The molecule has 1 saturated heterocycles. The number of amides is 1. The van der Waals surface area contributed by atoms with Crippen molar-refractivity contribution in [1.29, 1.82) is 0 Å². The van der Waals surface area contributed by atoms with Gasteiger partial charge in [0.05, 0.1) is 12.9 Å². The summed E-state index contributed by atoms with van der Waals surface area (Å²) in [6.07, 6.45) is 5.33. The Labute approximate surface area is 165 Å². The van der Waals surface area contributed by atoms with Crippen molar-refractivity contribution in [1.82, 2.24) is 24.7 Å². The van der Waals surface area contributed by atoms with E-state index in [0.717, 1.165) is 25.6 Å². The minimum atomic E-state index is -0.235. The normalized spacial score (nSPS) is 14.9. The van der Waals surface area contributed by atoms with Crippen LogP contribution in [0.4, 0.5) is 4.79 Å². The second-order valence-corrected chi connectivity index (χ2v) is 6.63. The second-order valence-electron chi connectivity index (χ2n) is 6.63. The third kappa shape index (κ3) is 5.25. The molecule has 1 aromatic carbocycles. The van der Waals surface area contributed by atoms with Crippen LogP contribution in [0.2, 0.25) is 0 Å². The van der Waals surface area contributed by atoms with Crippen LogP contribution in [0, 0.1) is 0 Å². The largest absolute Gasteiger partial charge is 0.450 e. The van der Waals surface area contributed by atoms with Gasteiger partial charge < -0.3 is 24.4 Å². The molecule has 0 saturated carbocycles. The van der Waals surface area contributed by atoms with E-state index in [-0.39, 0.29) is 6.09 Å². The zero-order chi connectivity index (χ0) is 19.8. The SMILES string of the molecule is CCOC(=O)N1CCN(C(=NC)NCc2ccc(Cn3ccnc3)cc2)CC1. The van der Waals surface area contributed by atoms with Gasteiger partial charge in [-0.2, -0.15) is 0 Å². The van der Waals surface area contributed by atoms with Crippen molar-refractivity contribution in [3.05, 3.63) is 54.1 Å². The Morgan fingerprint density at radius 1 is 1.14 bits per heavy atom. The van der Waals surface area contributed by atoms with E-state index in [0.29, 0.717) is 26.2 Å². The smallest absolute Gasteiger partial charge is 0.409 e. The highest BCUT2D eigenvalue weighted by Crippen LogP contribution is 2.08. The molecule has 0 bridgehead atoms. The number of hydrogen-bond acceptors (Lipinski definition) is 4. The maximum atomic E-state index is 11.8. The Balaban J connectivity index is 1.47. The van der Waals surface area contributed by atoms with Crippen LogP contribution in [0.15, 0.2) is 48.0 Å². The van der Waals surface area contributed by atoms with Crippen LogP contribution in [-0.2, 0) is 17.8 Å². The van der Waals surface area contributed by atoms with Crippen LogP contribution < -0.4 is 5.32 Å². The van der Waals surface area contributed by atoms with Gasteiger partial charge >= 0.3 is 6.09 Å². The first-order chi connectivity index (χ1) is 13.7. The summed E-state index contributed by atoms with van der Waals surface area (Å²) < 4.78 is 7.12. The van der Waals surface area contributed by atoms with Gasteiger partial charge in [0.25, 0.3) is 0 Å². The maximum absolute atomic E-state index is 11.8. The lowest BCUT2D eigenvalue weighted by atomic mass is 10.1. The molecule has 150 valence electrons. The lowest BCUT2D eigenvalue weighted by molar-refractivity contribution is 0.0914. The average Bonchev–Trinajstić information content (AvgIpc) is 3.23. The fraction of sp³-hybridized carbons (Fsp3) is 0.450. The van der Waals surface area contributed by atoms with Gasteiger partial charge in [-0.15, -0.1) is 0 Å². The van der Waals surface area contributed by atoms with Crippen molar-refractivity contribution in [3.63, 3.8) is 0 Å². The first-order valence-electron chi connectivity index (χ1n) is 9.60. The van der Waals surface area contributed by atoms with E-state index in [1.807, 2.05) is 24.0 Å². The number of nitrogens with one attached hydrogen (secondary N) is 1. The lowest BCUT2D eigenvalue weighted by Crippen LogP contribution is -2.53. The van der Waals surface area contributed by atoms with E-state index in [9.17, 15) is 4.79 Å². The van der Waals surface area contributed by atoms with Gasteiger partial charge in [0.15, 0.2) is 5.96 Å². The molecule has 0 aliphatic carbocycles. The average molecular weight is 384 g/mol. The third-order valence-electron chi connectivity index (χ3n) is 4.71. The first kappa shape index (κ1) is 19.7. The summed E-state index contributed by atoms with van der Waals surface area (Å²) in [5, 5.41) is 3.42. The fourth-order valence-electron chi connectivity index (χ4n) is 3.18. The molecule has 2 aromatic rings. The number of aromatic nitrogens is 2. The van der Waals surface area contributed by atoms with Gasteiger partial charge in [-0.25, -0.2) is 9.78 Å². The summed E-state index contributed by atoms with van der Waals surface area (Å²) in [5.74, 6) is 0.853. The molecule has 3 rings (SSSR count). The number of guanidine groups is 1. The number of carbonyl (C=O) groups excluding carboxylic acids is 1. The molecule has 1 N–H and O–H groups in total. The molecular formula is C20H28N6O2. The number of imidazole rings is 1. The van der Waals surface area contributed by atoms with Crippen LogP contribution in [0.1, 0.15) is 18.1 Å². The van der Waals surface area contributed by atoms with Gasteiger partial charge in [-0.1, -0.05) is 24.3 Å². The van der Waals surface area contributed by atoms with E-state index in [1.54, 1.807) is 18.1 Å². The van der Waals surface area contributed by atoms with Crippen LogP contribution in [-0.4, -0.2) is 71.2 Å².